The molecule has 2 heterocycles. The van der Waals surface area contributed by atoms with Gasteiger partial charge in [-0.05, 0) is 30.5 Å². The second-order valence-electron chi connectivity index (χ2n) is 7.16. The molecule has 3 rings (SSSR count). The zero-order valence-electron chi connectivity index (χ0n) is 16.2. The Morgan fingerprint density at radius 3 is 2.81 bits per heavy atom. The first kappa shape index (κ1) is 19.2. The summed E-state index contributed by atoms with van der Waals surface area (Å²) in [6.45, 7) is 7.84. The fraction of sp³-hybridized carbons (Fsp3) is 0.550. The highest BCUT2D eigenvalue weighted by Gasteiger charge is 2.18. The van der Waals surface area contributed by atoms with Crippen LogP contribution >= 0.6 is 0 Å². The number of nitrogens with zero attached hydrogens (tertiary/aromatic N) is 3. The predicted octanol–water partition coefficient (Wildman–Crippen LogP) is 3.68. The van der Waals surface area contributed by atoms with E-state index >= 15 is 0 Å². The standard InChI is InChI=1S/C20H27N3O4/c1-4-5-9-23(19(24)11-14(2)3)10-8-18-21-20(22-27-18)15-6-7-16-17(12-15)26-13-25-16/h6-7,12,14H,4-5,8-11,13H2,1-3H3. The van der Waals surface area contributed by atoms with Gasteiger partial charge in [-0.2, -0.15) is 4.98 Å². The average Bonchev–Trinajstić information content (AvgIpc) is 3.29. The van der Waals surface area contributed by atoms with Crippen molar-refractivity contribution in [3.8, 4) is 22.9 Å². The fourth-order valence-corrected chi connectivity index (χ4v) is 2.93. The molecule has 7 heteroatoms. The summed E-state index contributed by atoms with van der Waals surface area (Å²) in [4.78, 5) is 18.8. The molecule has 1 amide bonds. The summed E-state index contributed by atoms with van der Waals surface area (Å²) in [5.41, 5.74) is 0.813. The second-order valence-corrected chi connectivity index (χ2v) is 7.16. The number of amides is 1. The Morgan fingerprint density at radius 2 is 2.04 bits per heavy atom. The van der Waals surface area contributed by atoms with E-state index in [1.807, 2.05) is 23.1 Å². The van der Waals surface area contributed by atoms with Crippen LogP contribution in [0, 0.1) is 5.92 Å². The molecule has 1 aromatic carbocycles. The van der Waals surface area contributed by atoms with Gasteiger partial charge in [0.15, 0.2) is 11.5 Å². The fourth-order valence-electron chi connectivity index (χ4n) is 2.93. The van der Waals surface area contributed by atoms with Crippen molar-refractivity contribution in [2.75, 3.05) is 19.9 Å². The molecular formula is C20H27N3O4. The van der Waals surface area contributed by atoms with Crippen LogP contribution in [0.3, 0.4) is 0 Å². The Bertz CT molecular complexity index is 772. The average molecular weight is 373 g/mol. The third kappa shape index (κ3) is 4.99. The Balaban J connectivity index is 1.62. The van der Waals surface area contributed by atoms with Crippen molar-refractivity contribution in [3.63, 3.8) is 0 Å². The first-order valence-corrected chi connectivity index (χ1v) is 9.57. The molecule has 0 radical (unpaired) electrons. The van der Waals surface area contributed by atoms with Crippen LogP contribution in [0.4, 0.5) is 0 Å². The van der Waals surface area contributed by atoms with Gasteiger partial charge in [-0.15, -0.1) is 0 Å². The summed E-state index contributed by atoms with van der Waals surface area (Å²) < 4.78 is 16.1. The van der Waals surface area contributed by atoms with Gasteiger partial charge in [0, 0.05) is 31.5 Å². The number of unbranched alkanes of at least 4 members (excludes halogenated alkanes) is 1. The first-order valence-electron chi connectivity index (χ1n) is 9.57. The van der Waals surface area contributed by atoms with Gasteiger partial charge in [-0.1, -0.05) is 32.3 Å². The van der Waals surface area contributed by atoms with Crippen molar-refractivity contribution in [1.82, 2.24) is 15.0 Å². The molecule has 1 aliphatic heterocycles. The Hall–Kier alpha value is -2.57. The summed E-state index contributed by atoms with van der Waals surface area (Å²) in [7, 11) is 0. The minimum atomic E-state index is 0.189. The third-order valence-corrected chi connectivity index (χ3v) is 4.41. The largest absolute Gasteiger partial charge is 0.454 e. The van der Waals surface area contributed by atoms with E-state index in [1.54, 1.807) is 0 Å². The number of aromatic nitrogens is 2. The maximum Gasteiger partial charge on any atom is 0.231 e. The topological polar surface area (TPSA) is 77.7 Å². The van der Waals surface area contributed by atoms with E-state index < -0.39 is 0 Å². The van der Waals surface area contributed by atoms with E-state index in [0.717, 1.165) is 30.7 Å². The summed E-state index contributed by atoms with van der Waals surface area (Å²) in [6, 6.07) is 5.56. The Labute approximate surface area is 159 Å². The lowest BCUT2D eigenvalue weighted by molar-refractivity contribution is -0.132. The van der Waals surface area contributed by atoms with Crippen LogP contribution < -0.4 is 9.47 Å². The quantitative estimate of drug-likeness (QED) is 0.667. The molecule has 0 spiro atoms. The highest BCUT2D eigenvalue weighted by atomic mass is 16.7. The number of fused-ring (bicyclic) bond motifs is 1. The zero-order valence-corrected chi connectivity index (χ0v) is 16.2. The minimum absolute atomic E-state index is 0.189. The van der Waals surface area contributed by atoms with E-state index in [9.17, 15) is 4.79 Å². The lowest BCUT2D eigenvalue weighted by Gasteiger charge is -2.22. The summed E-state index contributed by atoms with van der Waals surface area (Å²) in [6.07, 6.45) is 3.16. The molecule has 0 unspecified atom stereocenters. The lowest BCUT2D eigenvalue weighted by Crippen LogP contribution is -2.34. The highest BCUT2D eigenvalue weighted by Crippen LogP contribution is 2.35. The van der Waals surface area contributed by atoms with Gasteiger partial charge in [0.2, 0.25) is 24.4 Å². The monoisotopic (exact) mass is 373 g/mol. The van der Waals surface area contributed by atoms with Gasteiger partial charge in [0.1, 0.15) is 0 Å². The van der Waals surface area contributed by atoms with Crippen LogP contribution in [-0.2, 0) is 11.2 Å². The molecule has 0 N–H and O–H groups in total. The molecule has 1 aromatic heterocycles. The molecule has 7 nitrogen and oxygen atoms in total. The van der Waals surface area contributed by atoms with E-state index in [1.165, 1.54) is 0 Å². The van der Waals surface area contributed by atoms with E-state index in [-0.39, 0.29) is 12.7 Å². The summed E-state index contributed by atoms with van der Waals surface area (Å²) in [5.74, 6) is 2.98. The molecule has 0 aliphatic carbocycles. The van der Waals surface area contributed by atoms with Crippen molar-refractivity contribution in [2.45, 2.75) is 46.5 Å². The molecule has 0 saturated heterocycles. The van der Waals surface area contributed by atoms with Crippen LogP contribution in [0.25, 0.3) is 11.4 Å². The maximum atomic E-state index is 12.4. The van der Waals surface area contributed by atoms with Crippen molar-refractivity contribution < 1.29 is 18.8 Å². The first-order chi connectivity index (χ1) is 13.1. The number of hydrogen-bond donors (Lipinski definition) is 0. The van der Waals surface area contributed by atoms with Crippen LogP contribution in [0.1, 0.15) is 45.9 Å². The number of ether oxygens (including phenoxy) is 2. The zero-order chi connectivity index (χ0) is 19.2. The van der Waals surface area contributed by atoms with Crippen molar-refractivity contribution in [3.05, 3.63) is 24.1 Å². The molecule has 0 fully saturated rings. The smallest absolute Gasteiger partial charge is 0.231 e. The van der Waals surface area contributed by atoms with E-state index in [4.69, 9.17) is 14.0 Å². The SMILES string of the molecule is CCCCN(CCc1nc(-c2ccc3c(c2)OCO3)no1)C(=O)CC(C)C. The van der Waals surface area contributed by atoms with Gasteiger partial charge in [-0.25, -0.2) is 0 Å². The summed E-state index contributed by atoms with van der Waals surface area (Å²) in [5, 5.41) is 4.06. The number of benzene rings is 1. The van der Waals surface area contributed by atoms with Crippen molar-refractivity contribution in [1.29, 1.82) is 0 Å². The Kier molecular flexibility index (Phi) is 6.32. The number of carbonyl (C=O) groups is 1. The molecule has 27 heavy (non-hydrogen) atoms. The van der Waals surface area contributed by atoms with Crippen LogP contribution in [0.15, 0.2) is 22.7 Å². The van der Waals surface area contributed by atoms with E-state index in [2.05, 4.69) is 30.9 Å². The summed E-state index contributed by atoms with van der Waals surface area (Å²) >= 11 is 0. The number of carbonyl (C=O) groups excluding carboxylic acids is 1. The second kappa shape index (κ2) is 8.88. The van der Waals surface area contributed by atoms with Crippen LogP contribution in [0.5, 0.6) is 11.5 Å². The molecule has 0 saturated carbocycles. The molecule has 2 aromatic rings. The van der Waals surface area contributed by atoms with Gasteiger partial charge in [0.25, 0.3) is 0 Å². The van der Waals surface area contributed by atoms with Gasteiger partial charge in [-0.3, -0.25) is 4.79 Å². The van der Waals surface area contributed by atoms with Crippen LogP contribution in [-0.4, -0.2) is 40.8 Å². The molecule has 1 aliphatic rings. The molecule has 0 bridgehead atoms. The predicted molar refractivity (Wildman–Crippen MR) is 101 cm³/mol. The molecular weight excluding hydrogens is 346 g/mol. The van der Waals surface area contributed by atoms with Crippen molar-refractivity contribution >= 4 is 5.91 Å². The molecule has 146 valence electrons. The highest BCUT2D eigenvalue weighted by molar-refractivity contribution is 5.76. The third-order valence-electron chi connectivity index (χ3n) is 4.41. The lowest BCUT2D eigenvalue weighted by atomic mass is 10.1. The normalized spacial score (nSPS) is 12.6. The van der Waals surface area contributed by atoms with Gasteiger partial charge >= 0.3 is 0 Å². The van der Waals surface area contributed by atoms with Gasteiger partial charge in [0.05, 0.1) is 0 Å². The van der Waals surface area contributed by atoms with Gasteiger partial charge < -0.3 is 18.9 Å². The minimum Gasteiger partial charge on any atom is -0.454 e. The number of hydrogen-bond acceptors (Lipinski definition) is 6. The number of rotatable bonds is 9. The Morgan fingerprint density at radius 1 is 1.22 bits per heavy atom. The van der Waals surface area contributed by atoms with Crippen molar-refractivity contribution in [2.24, 2.45) is 5.92 Å². The molecule has 0 atom stereocenters. The van der Waals surface area contributed by atoms with E-state index in [0.29, 0.717) is 42.8 Å². The maximum absolute atomic E-state index is 12.4. The van der Waals surface area contributed by atoms with Crippen LogP contribution in [0.2, 0.25) is 0 Å².